The summed E-state index contributed by atoms with van der Waals surface area (Å²) in [4.78, 5) is 7.74. The fourth-order valence-electron chi connectivity index (χ4n) is 0.673. The van der Waals surface area contributed by atoms with E-state index in [9.17, 15) is 0 Å². The summed E-state index contributed by atoms with van der Waals surface area (Å²) in [6, 6.07) is 2.58. The number of hydrogen-bond donors (Lipinski definition) is 0. The molecule has 0 aliphatic rings. The molecule has 0 heterocycles. The van der Waals surface area contributed by atoms with Gasteiger partial charge in [0.05, 0.1) is 12.6 Å². The molecule has 0 rings (SSSR count). The maximum absolute atomic E-state index is 4.97. The predicted molar refractivity (Wildman–Crippen MR) is 47.7 cm³/mol. The molecule has 0 aromatic carbocycles. The Kier molecular flexibility index (Phi) is 7.91. The van der Waals surface area contributed by atoms with Crippen LogP contribution in [0.2, 0.25) is 0 Å². The van der Waals surface area contributed by atoms with E-state index in [4.69, 9.17) is 9.47 Å². The first-order valence-corrected chi connectivity index (χ1v) is 3.98. The van der Waals surface area contributed by atoms with Gasteiger partial charge >= 0.3 is 0 Å². The molecule has 0 fully saturated rings. The van der Waals surface area contributed by atoms with Gasteiger partial charge in [0.1, 0.15) is 0 Å². The molecule has 0 aromatic heterocycles. The number of nitrogens with zero attached hydrogens (tertiary/aromatic N) is 2. The summed E-state index contributed by atoms with van der Waals surface area (Å²) in [7, 11) is 3.22. The van der Waals surface area contributed by atoms with Crippen LogP contribution in [0.15, 0.2) is 9.98 Å². The lowest BCUT2D eigenvalue weighted by Gasteiger charge is -2.10. The predicted octanol–water partition coefficient (Wildman–Crippen LogP) is 1.19. The molecule has 0 amide bonds. The Labute approximate surface area is 73.3 Å². The lowest BCUT2D eigenvalue weighted by molar-refractivity contribution is -0.104. The van der Waals surface area contributed by atoms with Gasteiger partial charge in [0.15, 0.2) is 6.29 Å². The van der Waals surface area contributed by atoms with Crippen molar-refractivity contribution in [1.29, 1.82) is 0 Å². The van der Waals surface area contributed by atoms with Crippen LogP contribution in [0.1, 0.15) is 13.3 Å². The zero-order chi connectivity index (χ0) is 9.23. The molecule has 0 aliphatic carbocycles. The fraction of sp³-hybridized carbons (Fsp3) is 0.875. The minimum atomic E-state index is -0.169. The van der Waals surface area contributed by atoms with Crippen molar-refractivity contribution < 1.29 is 9.47 Å². The normalized spacial score (nSPS) is 9.67. The van der Waals surface area contributed by atoms with Crippen LogP contribution in [0.5, 0.6) is 0 Å². The van der Waals surface area contributed by atoms with Gasteiger partial charge in [-0.3, -0.25) is 0 Å². The monoisotopic (exact) mass is 172 g/mol. The Balaban J connectivity index is 3.46. The summed E-state index contributed by atoms with van der Waals surface area (Å²) in [5, 5.41) is 0. The highest BCUT2D eigenvalue weighted by Gasteiger charge is 2.01. The molecule has 0 N–H and O–H groups in total. The Morgan fingerprint density at radius 3 is 2.42 bits per heavy atom. The second-order valence-corrected chi connectivity index (χ2v) is 2.15. The van der Waals surface area contributed by atoms with Crippen molar-refractivity contribution in [2.24, 2.45) is 9.98 Å². The third-order valence-electron chi connectivity index (χ3n) is 1.30. The molecular weight excluding hydrogens is 156 g/mol. The van der Waals surface area contributed by atoms with Crippen molar-refractivity contribution in [3.8, 4) is 0 Å². The number of rotatable bonds is 6. The molecule has 0 bridgehead atoms. The molecule has 0 aromatic rings. The van der Waals surface area contributed by atoms with Crippen LogP contribution < -0.4 is 0 Å². The van der Waals surface area contributed by atoms with Crippen LogP contribution in [0.3, 0.4) is 0 Å². The smallest absolute Gasteiger partial charge is 0.158 e. The molecule has 0 spiro atoms. The molecule has 0 saturated carbocycles. The van der Waals surface area contributed by atoms with Crippen molar-refractivity contribution in [2.45, 2.75) is 19.6 Å². The summed E-state index contributed by atoms with van der Waals surface area (Å²) in [6.07, 6.45) is 0.566. The zero-order valence-electron chi connectivity index (χ0n) is 7.91. The molecule has 0 radical (unpaired) electrons. The van der Waals surface area contributed by atoms with E-state index in [0.717, 1.165) is 13.0 Å². The SMILES string of the molecule is CCN=C=NCCC(OC)OC. The lowest BCUT2D eigenvalue weighted by atomic mass is 10.4. The van der Waals surface area contributed by atoms with Gasteiger partial charge in [0.2, 0.25) is 0 Å². The number of hydrogen-bond acceptors (Lipinski definition) is 4. The molecule has 4 heteroatoms. The van der Waals surface area contributed by atoms with E-state index in [2.05, 4.69) is 16.0 Å². The topological polar surface area (TPSA) is 43.2 Å². The molecule has 0 unspecified atom stereocenters. The van der Waals surface area contributed by atoms with E-state index in [1.807, 2.05) is 6.92 Å². The highest BCUT2D eigenvalue weighted by Crippen LogP contribution is 1.96. The molecule has 4 nitrogen and oxygen atoms in total. The largest absolute Gasteiger partial charge is 0.356 e. The van der Waals surface area contributed by atoms with Crippen molar-refractivity contribution in [2.75, 3.05) is 27.3 Å². The average molecular weight is 172 g/mol. The van der Waals surface area contributed by atoms with Gasteiger partial charge in [-0.2, -0.15) is 0 Å². The second kappa shape index (κ2) is 8.40. The maximum atomic E-state index is 4.97. The van der Waals surface area contributed by atoms with Crippen molar-refractivity contribution in [3.63, 3.8) is 0 Å². The first-order chi connectivity index (χ1) is 5.85. The molecular formula is C8H16N2O2. The van der Waals surface area contributed by atoms with Crippen LogP contribution in [-0.4, -0.2) is 39.6 Å². The zero-order valence-corrected chi connectivity index (χ0v) is 7.91. The minimum absolute atomic E-state index is 0.169. The van der Waals surface area contributed by atoms with Gasteiger partial charge in [-0.25, -0.2) is 9.98 Å². The summed E-state index contributed by atoms with van der Waals surface area (Å²) in [5.41, 5.74) is 0. The molecule has 0 atom stereocenters. The van der Waals surface area contributed by atoms with E-state index in [0.29, 0.717) is 6.54 Å². The molecule has 0 aliphatic heterocycles. The van der Waals surface area contributed by atoms with Gasteiger partial charge in [0, 0.05) is 27.2 Å². The van der Waals surface area contributed by atoms with E-state index in [1.165, 1.54) is 0 Å². The maximum Gasteiger partial charge on any atom is 0.158 e. The summed E-state index contributed by atoms with van der Waals surface area (Å²) >= 11 is 0. The lowest BCUT2D eigenvalue weighted by Crippen LogP contribution is -2.13. The van der Waals surface area contributed by atoms with Crippen LogP contribution in [0.4, 0.5) is 0 Å². The summed E-state index contributed by atoms with van der Waals surface area (Å²) in [5.74, 6) is 0. The van der Waals surface area contributed by atoms with Crippen molar-refractivity contribution in [1.82, 2.24) is 0 Å². The first-order valence-electron chi connectivity index (χ1n) is 3.98. The van der Waals surface area contributed by atoms with Gasteiger partial charge in [-0.05, 0) is 6.92 Å². The van der Waals surface area contributed by atoms with Gasteiger partial charge in [-0.1, -0.05) is 0 Å². The van der Waals surface area contributed by atoms with E-state index >= 15 is 0 Å². The van der Waals surface area contributed by atoms with Gasteiger partial charge in [-0.15, -0.1) is 0 Å². The third kappa shape index (κ3) is 6.04. The van der Waals surface area contributed by atoms with Gasteiger partial charge < -0.3 is 9.47 Å². The first kappa shape index (κ1) is 11.3. The Morgan fingerprint density at radius 2 is 1.92 bits per heavy atom. The van der Waals surface area contributed by atoms with Crippen LogP contribution in [0, 0.1) is 0 Å². The van der Waals surface area contributed by atoms with Crippen molar-refractivity contribution in [3.05, 3.63) is 0 Å². The van der Waals surface area contributed by atoms with Crippen LogP contribution >= 0.6 is 0 Å². The van der Waals surface area contributed by atoms with E-state index in [-0.39, 0.29) is 6.29 Å². The summed E-state index contributed by atoms with van der Waals surface area (Å²) < 4.78 is 9.93. The second-order valence-electron chi connectivity index (χ2n) is 2.15. The van der Waals surface area contributed by atoms with Crippen molar-refractivity contribution >= 4 is 6.01 Å². The standard InChI is InChI=1S/C8H16N2O2/c1-4-9-7-10-6-5-8(11-2)12-3/h8H,4-6H2,1-3H3. The number of ether oxygens (including phenoxy) is 2. The third-order valence-corrected chi connectivity index (χ3v) is 1.30. The highest BCUT2D eigenvalue weighted by atomic mass is 16.7. The Morgan fingerprint density at radius 1 is 1.25 bits per heavy atom. The molecule has 70 valence electrons. The van der Waals surface area contributed by atoms with Gasteiger partial charge in [0.25, 0.3) is 0 Å². The fourth-order valence-corrected chi connectivity index (χ4v) is 0.673. The number of methoxy groups -OCH3 is 2. The Bertz CT molecular complexity index is 149. The average Bonchev–Trinajstić information content (AvgIpc) is 2.11. The number of aliphatic imine (C=N–C) groups is 2. The quantitative estimate of drug-likeness (QED) is 0.446. The molecule has 0 saturated heterocycles. The van der Waals surface area contributed by atoms with E-state index in [1.54, 1.807) is 14.2 Å². The summed E-state index contributed by atoms with van der Waals surface area (Å²) in [6.45, 7) is 3.30. The van der Waals surface area contributed by atoms with E-state index < -0.39 is 0 Å². The molecule has 12 heavy (non-hydrogen) atoms. The minimum Gasteiger partial charge on any atom is -0.356 e. The van der Waals surface area contributed by atoms with Crippen LogP contribution in [-0.2, 0) is 9.47 Å². The highest BCUT2D eigenvalue weighted by molar-refractivity contribution is 5.40. The van der Waals surface area contributed by atoms with Crippen LogP contribution in [0.25, 0.3) is 0 Å². The Hall–Kier alpha value is -0.700.